The molecule has 0 aromatic heterocycles. The van der Waals surface area contributed by atoms with Crippen molar-refractivity contribution >= 4 is 15.9 Å². The highest BCUT2D eigenvalue weighted by Crippen LogP contribution is 2.28. The number of hydrogen-bond acceptors (Lipinski definition) is 1. The third-order valence-corrected chi connectivity index (χ3v) is 3.44. The van der Waals surface area contributed by atoms with Crippen molar-refractivity contribution in [3.63, 3.8) is 0 Å². The average Bonchev–Trinajstić information content (AvgIpc) is 2.21. The molecular formula is C13H20BrN. The van der Waals surface area contributed by atoms with Crippen molar-refractivity contribution in [3.8, 4) is 0 Å². The Hall–Kier alpha value is -0.340. The van der Waals surface area contributed by atoms with Crippen LogP contribution in [-0.4, -0.2) is 6.54 Å². The summed E-state index contributed by atoms with van der Waals surface area (Å²) in [6.07, 6.45) is 2.42. The van der Waals surface area contributed by atoms with E-state index in [1.165, 1.54) is 22.9 Å². The summed E-state index contributed by atoms with van der Waals surface area (Å²) in [5.74, 6) is 1.24. The summed E-state index contributed by atoms with van der Waals surface area (Å²) >= 11 is 3.59. The van der Waals surface area contributed by atoms with E-state index in [9.17, 15) is 0 Å². The Balaban J connectivity index is 2.70. The molecule has 1 rings (SSSR count). The fraction of sp³-hybridized carbons (Fsp3) is 0.538. The summed E-state index contributed by atoms with van der Waals surface area (Å²) in [6, 6.07) is 8.39. The summed E-state index contributed by atoms with van der Waals surface area (Å²) in [7, 11) is 0. The molecule has 15 heavy (non-hydrogen) atoms. The minimum atomic E-state index is 0.489. The lowest BCUT2D eigenvalue weighted by atomic mass is 9.91. The zero-order chi connectivity index (χ0) is 11.3. The van der Waals surface area contributed by atoms with Crippen LogP contribution in [0.2, 0.25) is 0 Å². The number of nitrogens with two attached hydrogens (primary N) is 1. The second-order valence-electron chi connectivity index (χ2n) is 4.43. The highest BCUT2D eigenvalue weighted by molar-refractivity contribution is 9.10. The van der Waals surface area contributed by atoms with Gasteiger partial charge in [-0.2, -0.15) is 0 Å². The van der Waals surface area contributed by atoms with Gasteiger partial charge in [-0.05, 0) is 36.4 Å². The summed E-state index contributed by atoms with van der Waals surface area (Å²) in [6.45, 7) is 5.25. The van der Waals surface area contributed by atoms with Gasteiger partial charge in [0.15, 0.2) is 0 Å². The lowest BCUT2D eigenvalue weighted by Gasteiger charge is -2.17. The number of rotatable bonds is 5. The van der Waals surface area contributed by atoms with Crippen molar-refractivity contribution in [2.45, 2.75) is 32.6 Å². The van der Waals surface area contributed by atoms with E-state index in [1.807, 2.05) is 6.07 Å². The molecule has 1 atom stereocenters. The van der Waals surface area contributed by atoms with Gasteiger partial charge in [0.1, 0.15) is 0 Å². The Bertz CT molecular complexity index is 296. The van der Waals surface area contributed by atoms with Gasteiger partial charge >= 0.3 is 0 Å². The van der Waals surface area contributed by atoms with Crippen LogP contribution in [0, 0.1) is 5.92 Å². The van der Waals surface area contributed by atoms with Crippen molar-refractivity contribution in [1.29, 1.82) is 0 Å². The highest BCUT2D eigenvalue weighted by Gasteiger charge is 2.12. The molecule has 84 valence electrons. The fourth-order valence-corrected chi connectivity index (χ4v) is 2.35. The van der Waals surface area contributed by atoms with Crippen molar-refractivity contribution < 1.29 is 0 Å². The van der Waals surface area contributed by atoms with Crippen LogP contribution in [0.5, 0.6) is 0 Å². The van der Waals surface area contributed by atoms with Crippen LogP contribution in [0.15, 0.2) is 28.7 Å². The second kappa shape index (κ2) is 6.29. The molecule has 0 amide bonds. The van der Waals surface area contributed by atoms with Gasteiger partial charge in [0.25, 0.3) is 0 Å². The fourth-order valence-electron chi connectivity index (χ4n) is 1.74. The molecule has 1 aromatic carbocycles. The maximum atomic E-state index is 5.84. The Morgan fingerprint density at radius 2 is 1.87 bits per heavy atom. The summed E-state index contributed by atoms with van der Waals surface area (Å²) < 4.78 is 1.18. The number of halogens is 1. The molecule has 0 aliphatic rings. The molecule has 1 unspecified atom stereocenters. The zero-order valence-electron chi connectivity index (χ0n) is 9.54. The average molecular weight is 270 g/mol. The molecule has 1 aromatic rings. The first kappa shape index (κ1) is 12.7. The number of hydrogen-bond donors (Lipinski definition) is 1. The van der Waals surface area contributed by atoms with Crippen LogP contribution < -0.4 is 5.73 Å². The van der Waals surface area contributed by atoms with Crippen LogP contribution >= 0.6 is 15.9 Å². The van der Waals surface area contributed by atoms with Gasteiger partial charge in [0.2, 0.25) is 0 Å². The Kier molecular flexibility index (Phi) is 5.34. The molecule has 0 heterocycles. The van der Waals surface area contributed by atoms with E-state index in [1.54, 1.807) is 0 Å². The SMILES string of the molecule is CC(C)CCC(CN)c1ccccc1Br. The molecule has 0 saturated heterocycles. The van der Waals surface area contributed by atoms with E-state index in [4.69, 9.17) is 5.73 Å². The van der Waals surface area contributed by atoms with Crippen molar-refractivity contribution in [2.24, 2.45) is 11.7 Å². The van der Waals surface area contributed by atoms with Gasteiger partial charge in [-0.1, -0.05) is 54.4 Å². The van der Waals surface area contributed by atoms with Gasteiger partial charge in [-0.3, -0.25) is 0 Å². The van der Waals surface area contributed by atoms with Gasteiger partial charge in [0, 0.05) is 4.47 Å². The molecular weight excluding hydrogens is 250 g/mol. The smallest absolute Gasteiger partial charge is 0.0210 e. The summed E-state index contributed by atoms with van der Waals surface area (Å²) in [5.41, 5.74) is 7.19. The van der Waals surface area contributed by atoms with Gasteiger partial charge in [-0.15, -0.1) is 0 Å². The first-order valence-electron chi connectivity index (χ1n) is 5.59. The first-order valence-corrected chi connectivity index (χ1v) is 6.39. The predicted octanol–water partition coefficient (Wildman–Crippen LogP) is 3.93. The predicted molar refractivity (Wildman–Crippen MR) is 70.0 cm³/mol. The van der Waals surface area contributed by atoms with Crippen molar-refractivity contribution in [2.75, 3.05) is 6.54 Å². The first-order chi connectivity index (χ1) is 7.15. The van der Waals surface area contributed by atoms with Crippen molar-refractivity contribution in [3.05, 3.63) is 34.3 Å². The van der Waals surface area contributed by atoms with E-state index in [2.05, 4.69) is 48.0 Å². The minimum absolute atomic E-state index is 0.489. The minimum Gasteiger partial charge on any atom is -0.330 e. The van der Waals surface area contributed by atoms with E-state index in [0.717, 1.165) is 12.5 Å². The maximum absolute atomic E-state index is 5.84. The molecule has 0 bridgehead atoms. The molecule has 0 saturated carbocycles. The van der Waals surface area contributed by atoms with E-state index in [-0.39, 0.29) is 0 Å². The standard InChI is InChI=1S/C13H20BrN/c1-10(2)7-8-11(9-15)12-5-3-4-6-13(12)14/h3-6,10-11H,7-9,15H2,1-2H3. The largest absolute Gasteiger partial charge is 0.330 e. The van der Waals surface area contributed by atoms with Gasteiger partial charge in [-0.25, -0.2) is 0 Å². The third-order valence-electron chi connectivity index (χ3n) is 2.72. The van der Waals surface area contributed by atoms with Crippen LogP contribution in [0.25, 0.3) is 0 Å². The molecule has 0 spiro atoms. The topological polar surface area (TPSA) is 26.0 Å². The van der Waals surface area contributed by atoms with Crippen LogP contribution in [-0.2, 0) is 0 Å². The number of benzene rings is 1. The summed E-state index contributed by atoms with van der Waals surface area (Å²) in [4.78, 5) is 0. The molecule has 2 heteroatoms. The molecule has 0 aliphatic heterocycles. The lowest BCUT2D eigenvalue weighted by Crippen LogP contribution is -2.13. The molecule has 1 nitrogen and oxygen atoms in total. The van der Waals surface area contributed by atoms with E-state index in [0.29, 0.717) is 5.92 Å². The lowest BCUT2D eigenvalue weighted by molar-refractivity contribution is 0.502. The molecule has 0 fully saturated rings. The second-order valence-corrected chi connectivity index (χ2v) is 5.28. The summed E-state index contributed by atoms with van der Waals surface area (Å²) in [5, 5.41) is 0. The highest BCUT2D eigenvalue weighted by atomic mass is 79.9. The maximum Gasteiger partial charge on any atom is 0.0210 e. The zero-order valence-corrected chi connectivity index (χ0v) is 11.1. The van der Waals surface area contributed by atoms with Gasteiger partial charge in [0.05, 0.1) is 0 Å². The quantitative estimate of drug-likeness (QED) is 0.862. The molecule has 0 radical (unpaired) electrons. The van der Waals surface area contributed by atoms with Crippen LogP contribution in [0.4, 0.5) is 0 Å². The Labute approximate surface area is 101 Å². The van der Waals surface area contributed by atoms with Crippen LogP contribution in [0.1, 0.15) is 38.2 Å². The monoisotopic (exact) mass is 269 g/mol. The normalized spacial score (nSPS) is 13.1. The van der Waals surface area contributed by atoms with E-state index < -0.39 is 0 Å². The molecule has 2 N–H and O–H groups in total. The van der Waals surface area contributed by atoms with E-state index >= 15 is 0 Å². The van der Waals surface area contributed by atoms with Crippen molar-refractivity contribution in [1.82, 2.24) is 0 Å². The van der Waals surface area contributed by atoms with Crippen LogP contribution in [0.3, 0.4) is 0 Å². The Morgan fingerprint density at radius 3 is 2.40 bits per heavy atom. The Morgan fingerprint density at radius 1 is 1.20 bits per heavy atom. The molecule has 0 aliphatic carbocycles. The third kappa shape index (κ3) is 3.96. The van der Waals surface area contributed by atoms with Gasteiger partial charge < -0.3 is 5.73 Å².